The van der Waals surface area contributed by atoms with Crippen molar-refractivity contribution in [3.8, 4) is 11.5 Å². The Morgan fingerprint density at radius 2 is 1.40 bits per heavy atom. The third-order valence-electron chi connectivity index (χ3n) is 5.71. The zero-order chi connectivity index (χ0) is 20.8. The molecule has 0 aromatic heterocycles. The molecule has 0 spiro atoms. The number of benzene rings is 3. The molecule has 0 saturated heterocycles. The Kier molecular flexibility index (Phi) is 6.04. The molecular weight excluding hydrogens is 368 g/mol. The molecule has 30 heavy (non-hydrogen) atoms. The summed E-state index contributed by atoms with van der Waals surface area (Å²) in [5.74, 6) is 1.95. The van der Waals surface area contributed by atoms with Crippen molar-refractivity contribution in [3.05, 3.63) is 120 Å². The van der Waals surface area contributed by atoms with Crippen LogP contribution in [-0.2, 0) is 5.41 Å². The van der Waals surface area contributed by atoms with Gasteiger partial charge in [-0.25, -0.2) is 0 Å². The molecule has 0 heterocycles. The molecule has 4 rings (SSSR count). The molecule has 0 radical (unpaired) electrons. The summed E-state index contributed by atoms with van der Waals surface area (Å²) in [4.78, 5) is 0. The second kappa shape index (κ2) is 9.04. The van der Waals surface area contributed by atoms with E-state index in [1.165, 1.54) is 16.7 Å². The molecule has 0 amide bonds. The van der Waals surface area contributed by atoms with E-state index in [1.54, 1.807) is 0 Å². The van der Waals surface area contributed by atoms with Crippen LogP contribution >= 0.6 is 0 Å². The largest absolute Gasteiger partial charge is 0.493 e. The van der Waals surface area contributed by atoms with Crippen LogP contribution in [0.5, 0.6) is 11.5 Å². The third-order valence-corrected chi connectivity index (χ3v) is 5.71. The SMILES string of the molecule is Cc1cccc(OCC2C=CC=CC2(COc2cccc(C)c2)c2ccccc2)c1. The quantitative estimate of drug-likeness (QED) is 0.457. The fourth-order valence-electron chi connectivity index (χ4n) is 4.02. The Hall–Kier alpha value is -3.26. The van der Waals surface area contributed by atoms with Crippen LogP contribution in [0.25, 0.3) is 0 Å². The molecule has 2 nitrogen and oxygen atoms in total. The molecular formula is C28H28O2. The first-order chi connectivity index (χ1) is 14.7. The summed E-state index contributed by atoms with van der Waals surface area (Å²) in [7, 11) is 0. The van der Waals surface area contributed by atoms with Crippen molar-refractivity contribution in [3.63, 3.8) is 0 Å². The lowest BCUT2D eigenvalue weighted by atomic mass is 9.69. The molecule has 1 aliphatic rings. The summed E-state index contributed by atoms with van der Waals surface area (Å²) >= 11 is 0. The standard InChI is InChI=1S/C28H28O2/c1-22-10-8-15-26(18-22)29-20-25-14-6-7-17-28(25,24-12-4-3-5-13-24)21-30-27-16-9-11-23(2)19-27/h3-19,25H,20-21H2,1-2H3. The van der Waals surface area contributed by atoms with Gasteiger partial charge in [-0.15, -0.1) is 0 Å². The van der Waals surface area contributed by atoms with E-state index in [2.05, 4.69) is 92.7 Å². The van der Waals surface area contributed by atoms with Crippen LogP contribution in [0.3, 0.4) is 0 Å². The van der Waals surface area contributed by atoms with E-state index in [4.69, 9.17) is 9.47 Å². The highest BCUT2D eigenvalue weighted by molar-refractivity contribution is 5.39. The van der Waals surface area contributed by atoms with E-state index in [0.717, 1.165) is 11.5 Å². The van der Waals surface area contributed by atoms with Crippen LogP contribution in [0.1, 0.15) is 16.7 Å². The predicted molar refractivity (Wildman–Crippen MR) is 123 cm³/mol. The Morgan fingerprint density at radius 1 is 0.733 bits per heavy atom. The highest BCUT2D eigenvalue weighted by Gasteiger charge is 2.39. The van der Waals surface area contributed by atoms with Gasteiger partial charge in [0.05, 0.1) is 12.0 Å². The normalized spacial score (nSPS) is 20.1. The van der Waals surface area contributed by atoms with Gasteiger partial charge in [0, 0.05) is 5.92 Å². The first-order valence-corrected chi connectivity index (χ1v) is 10.5. The Balaban J connectivity index is 1.62. The minimum absolute atomic E-state index is 0.148. The number of hydrogen-bond donors (Lipinski definition) is 0. The van der Waals surface area contributed by atoms with Crippen LogP contribution in [0.4, 0.5) is 0 Å². The molecule has 0 bridgehead atoms. The highest BCUT2D eigenvalue weighted by atomic mass is 16.5. The highest BCUT2D eigenvalue weighted by Crippen LogP contribution is 2.38. The summed E-state index contributed by atoms with van der Waals surface area (Å²) in [6.45, 7) is 5.29. The zero-order valence-corrected chi connectivity index (χ0v) is 17.6. The minimum Gasteiger partial charge on any atom is -0.493 e. The Labute approximate surface area is 179 Å². The number of aryl methyl sites for hydroxylation is 2. The van der Waals surface area contributed by atoms with E-state index in [9.17, 15) is 0 Å². The third kappa shape index (κ3) is 4.49. The molecule has 0 fully saturated rings. The average molecular weight is 397 g/mol. The summed E-state index contributed by atoms with van der Waals surface area (Å²) < 4.78 is 12.6. The first kappa shape index (κ1) is 20.0. The van der Waals surface area contributed by atoms with Gasteiger partial charge >= 0.3 is 0 Å². The van der Waals surface area contributed by atoms with Gasteiger partial charge in [0.2, 0.25) is 0 Å². The van der Waals surface area contributed by atoms with Gasteiger partial charge in [-0.2, -0.15) is 0 Å². The van der Waals surface area contributed by atoms with Crippen molar-refractivity contribution in [1.82, 2.24) is 0 Å². The van der Waals surface area contributed by atoms with E-state index in [0.29, 0.717) is 13.2 Å². The van der Waals surface area contributed by atoms with Crippen molar-refractivity contribution in [2.24, 2.45) is 5.92 Å². The van der Waals surface area contributed by atoms with Crippen LogP contribution in [0.2, 0.25) is 0 Å². The van der Waals surface area contributed by atoms with Crippen molar-refractivity contribution >= 4 is 0 Å². The molecule has 0 saturated carbocycles. The summed E-state index contributed by atoms with van der Waals surface area (Å²) in [5.41, 5.74) is 3.32. The number of rotatable bonds is 7. The maximum atomic E-state index is 6.34. The molecule has 152 valence electrons. The molecule has 2 atom stereocenters. The molecule has 3 aromatic carbocycles. The van der Waals surface area contributed by atoms with E-state index >= 15 is 0 Å². The van der Waals surface area contributed by atoms with Crippen LogP contribution in [-0.4, -0.2) is 13.2 Å². The average Bonchev–Trinajstić information content (AvgIpc) is 2.77. The maximum Gasteiger partial charge on any atom is 0.119 e. The number of hydrogen-bond acceptors (Lipinski definition) is 2. The fourth-order valence-corrected chi connectivity index (χ4v) is 4.02. The number of ether oxygens (including phenoxy) is 2. The van der Waals surface area contributed by atoms with Crippen LogP contribution < -0.4 is 9.47 Å². The predicted octanol–water partition coefficient (Wildman–Crippen LogP) is 6.44. The summed E-state index contributed by atoms with van der Waals surface area (Å²) in [6.07, 6.45) is 8.73. The minimum atomic E-state index is -0.302. The Morgan fingerprint density at radius 3 is 2.07 bits per heavy atom. The zero-order valence-electron chi connectivity index (χ0n) is 17.6. The molecule has 1 aliphatic carbocycles. The van der Waals surface area contributed by atoms with Gasteiger partial charge in [0.15, 0.2) is 0 Å². The van der Waals surface area contributed by atoms with Crippen molar-refractivity contribution in [1.29, 1.82) is 0 Å². The van der Waals surface area contributed by atoms with Crippen LogP contribution in [0, 0.1) is 19.8 Å². The van der Waals surface area contributed by atoms with Crippen molar-refractivity contribution < 1.29 is 9.47 Å². The maximum absolute atomic E-state index is 6.34. The monoisotopic (exact) mass is 396 g/mol. The van der Waals surface area contributed by atoms with Crippen LogP contribution in [0.15, 0.2) is 103 Å². The van der Waals surface area contributed by atoms with Crippen molar-refractivity contribution in [2.75, 3.05) is 13.2 Å². The van der Waals surface area contributed by atoms with E-state index in [-0.39, 0.29) is 11.3 Å². The summed E-state index contributed by atoms with van der Waals surface area (Å²) in [6, 6.07) is 27.0. The van der Waals surface area contributed by atoms with Gasteiger partial charge in [-0.3, -0.25) is 0 Å². The lowest BCUT2D eigenvalue weighted by Gasteiger charge is -2.39. The van der Waals surface area contributed by atoms with E-state index in [1.807, 2.05) is 24.3 Å². The smallest absolute Gasteiger partial charge is 0.119 e. The molecule has 2 unspecified atom stereocenters. The second-order valence-corrected chi connectivity index (χ2v) is 7.99. The first-order valence-electron chi connectivity index (χ1n) is 10.5. The molecule has 2 heteroatoms. The van der Waals surface area contributed by atoms with E-state index < -0.39 is 0 Å². The second-order valence-electron chi connectivity index (χ2n) is 7.99. The van der Waals surface area contributed by atoms with Gasteiger partial charge in [0.25, 0.3) is 0 Å². The lowest BCUT2D eigenvalue weighted by Crippen LogP contribution is -2.42. The van der Waals surface area contributed by atoms with Crippen molar-refractivity contribution in [2.45, 2.75) is 19.3 Å². The number of allylic oxidation sites excluding steroid dienone is 2. The topological polar surface area (TPSA) is 18.5 Å². The summed E-state index contributed by atoms with van der Waals surface area (Å²) in [5, 5.41) is 0. The fraction of sp³-hybridized carbons (Fsp3) is 0.214. The Bertz CT molecular complexity index is 1040. The van der Waals surface area contributed by atoms with Gasteiger partial charge in [0.1, 0.15) is 18.1 Å². The molecule has 0 aliphatic heterocycles. The molecule has 3 aromatic rings. The van der Waals surface area contributed by atoms with Gasteiger partial charge < -0.3 is 9.47 Å². The molecule has 0 N–H and O–H groups in total. The van der Waals surface area contributed by atoms with Gasteiger partial charge in [-0.1, -0.05) is 78.9 Å². The lowest BCUT2D eigenvalue weighted by molar-refractivity contribution is 0.164. The van der Waals surface area contributed by atoms with Gasteiger partial charge in [-0.05, 0) is 54.8 Å².